The molecule has 0 saturated carbocycles. The fourth-order valence-corrected chi connectivity index (χ4v) is 3.31. The molecule has 1 saturated heterocycles. The molecule has 2 aromatic rings. The molecule has 1 N–H and O–H groups in total. The summed E-state index contributed by atoms with van der Waals surface area (Å²) in [6, 6.07) is 14.7. The van der Waals surface area contributed by atoms with Gasteiger partial charge in [0.05, 0.1) is 6.42 Å². The molecule has 0 spiro atoms. The topological polar surface area (TPSA) is 70.1 Å². The smallest absolute Gasteiger partial charge is 0.307 e. The van der Waals surface area contributed by atoms with Crippen molar-refractivity contribution >= 4 is 23.5 Å². The largest absolute Gasteiger partial charge is 0.483 e. The van der Waals surface area contributed by atoms with E-state index in [0.717, 1.165) is 24.7 Å². The van der Waals surface area contributed by atoms with Crippen LogP contribution in [0.5, 0.6) is 5.75 Å². The first-order chi connectivity index (χ1) is 13.5. The molecule has 0 aromatic heterocycles. The number of carbonyl (C=O) groups excluding carboxylic acids is 1. The van der Waals surface area contributed by atoms with Crippen molar-refractivity contribution in [3.63, 3.8) is 0 Å². The van der Waals surface area contributed by atoms with Crippen molar-refractivity contribution in [3.8, 4) is 5.75 Å². The predicted molar refractivity (Wildman–Crippen MR) is 107 cm³/mol. The first-order valence-corrected chi connectivity index (χ1v) is 9.56. The minimum Gasteiger partial charge on any atom is -0.483 e. The fraction of sp³-hybridized carbons (Fsp3) is 0.333. The third kappa shape index (κ3) is 5.71. The predicted octanol–water partition coefficient (Wildman–Crippen LogP) is 2.69. The molecule has 1 fully saturated rings. The second kappa shape index (κ2) is 9.57. The van der Waals surface area contributed by atoms with Crippen molar-refractivity contribution in [1.29, 1.82) is 0 Å². The van der Waals surface area contributed by atoms with Crippen molar-refractivity contribution in [1.82, 2.24) is 9.80 Å². The number of benzene rings is 2. The lowest BCUT2D eigenvalue weighted by molar-refractivity contribution is -0.136. The van der Waals surface area contributed by atoms with E-state index in [1.54, 1.807) is 29.2 Å². The van der Waals surface area contributed by atoms with Crippen LogP contribution < -0.4 is 4.74 Å². The average Bonchev–Trinajstić information content (AvgIpc) is 2.69. The molecule has 0 atom stereocenters. The van der Waals surface area contributed by atoms with E-state index in [2.05, 4.69) is 4.90 Å². The Hall–Kier alpha value is -2.57. The third-order valence-corrected chi connectivity index (χ3v) is 4.96. The van der Waals surface area contributed by atoms with E-state index in [1.807, 2.05) is 24.3 Å². The van der Waals surface area contributed by atoms with E-state index in [1.165, 1.54) is 5.56 Å². The van der Waals surface area contributed by atoms with Crippen molar-refractivity contribution in [3.05, 3.63) is 64.7 Å². The van der Waals surface area contributed by atoms with Gasteiger partial charge in [-0.05, 0) is 23.8 Å². The number of carbonyl (C=O) groups is 2. The number of ether oxygens (including phenoxy) is 1. The van der Waals surface area contributed by atoms with Crippen molar-refractivity contribution in [2.24, 2.45) is 0 Å². The van der Waals surface area contributed by atoms with Crippen molar-refractivity contribution in [2.75, 3.05) is 32.8 Å². The number of para-hydroxylation sites is 1. The molecule has 3 rings (SSSR count). The maximum Gasteiger partial charge on any atom is 0.307 e. The molecule has 28 heavy (non-hydrogen) atoms. The molecular formula is C21H23ClN2O4. The Balaban J connectivity index is 1.46. The highest BCUT2D eigenvalue weighted by Gasteiger charge is 2.21. The number of rotatable bonds is 7. The van der Waals surface area contributed by atoms with E-state index in [9.17, 15) is 9.59 Å². The van der Waals surface area contributed by atoms with Crippen LogP contribution in [0.3, 0.4) is 0 Å². The zero-order valence-corrected chi connectivity index (χ0v) is 16.3. The lowest BCUT2D eigenvalue weighted by atomic mass is 10.1. The Bertz CT molecular complexity index is 817. The summed E-state index contributed by atoms with van der Waals surface area (Å²) in [4.78, 5) is 27.5. The number of carboxylic acid groups (broad SMARTS) is 1. The van der Waals surface area contributed by atoms with Gasteiger partial charge < -0.3 is 14.7 Å². The Kier molecular flexibility index (Phi) is 6.90. The number of hydrogen-bond donors (Lipinski definition) is 1. The van der Waals surface area contributed by atoms with Crippen molar-refractivity contribution in [2.45, 2.75) is 13.0 Å². The van der Waals surface area contributed by atoms with Gasteiger partial charge in [-0.1, -0.05) is 41.9 Å². The Morgan fingerprint density at radius 3 is 2.36 bits per heavy atom. The minimum atomic E-state index is -0.931. The van der Waals surface area contributed by atoms with Gasteiger partial charge in [0, 0.05) is 43.3 Å². The first kappa shape index (κ1) is 20.2. The second-order valence-electron chi connectivity index (χ2n) is 6.75. The van der Waals surface area contributed by atoms with Crippen LogP contribution in [-0.4, -0.2) is 59.6 Å². The molecule has 2 aromatic carbocycles. The summed E-state index contributed by atoms with van der Waals surface area (Å²) >= 11 is 5.92. The highest BCUT2D eigenvalue weighted by Crippen LogP contribution is 2.19. The van der Waals surface area contributed by atoms with Gasteiger partial charge in [0.1, 0.15) is 5.75 Å². The van der Waals surface area contributed by atoms with Crippen LogP contribution in [0.4, 0.5) is 0 Å². The number of amides is 1. The lowest BCUT2D eigenvalue weighted by Crippen LogP contribution is -2.49. The second-order valence-corrected chi connectivity index (χ2v) is 7.19. The molecule has 148 valence electrons. The average molecular weight is 403 g/mol. The third-order valence-electron chi connectivity index (χ3n) is 4.71. The normalized spacial score (nSPS) is 14.7. The lowest BCUT2D eigenvalue weighted by Gasteiger charge is -2.34. The van der Waals surface area contributed by atoms with Gasteiger partial charge in [-0.15, -0.1) is 0 Å². The van der Waals surface area contributed by atoms with Crippen LogP contribution in [0, 0.1) is 0 Å². The number of piperazine rings is 1. The standard InChI is InChI=1S/C21H23ClN2O4/c22-18-7-5-16(6-8-18)14-23-9-11-24(12-10-23)20(25)15-28-19-4-2-1-3-17(19)13-21(26)27/h1-8H,9-15H2,(H,26,27). The van der Waals surface area contributed by atoms with Crippen molar-refractivity contribution < 1.29 is 19.4 Å². The molecule has 1 heterocycles. The van der Waals surface area contributed by atoms with Crippen LogP contribution >= 0.6 is 11.6 Å². The van der Waals surface area contributed by atoms with Crippen LogP contribution in [0.2, 0.25) is 5.02 Å². The summed E-state index contributed by atoms with van der Waals surface area (Å²) < 4.78 is 5.61. The van der Waals surface area contributed by atoms with Gasteiger partial charge in [-0.3, -0.25) is 14.5 Å². The van der Waals surface area contributed by atoms with Crippen LogP contribution in [-0.2, 0) is 22.6 Å². The number of nitrogens with zero attached hydrogens (tertiary/aromatic N) is 2. The van der Waals surface area contributed by atoms with Crippen LogP contribution in [0.15, 0.2) is 48.5 Å². The number of aliphatic carboxylic acids is 1. The van der Waals surface area contributed by atoms with Gasteiger partial charge in [-0.2, -0.15) is 0 Å². The molecular weight excluding hydrogens is 380 g/mol. The summed E-state index contributed by atoms with van der Waals surface area (Å²) in [5, 5.41) is 9.70. The highest BCUT2D eigenvalue weighted by molar-refractivity contribution is 6.30. The summed E-state index contributed by atoms with van der Waals surface area (Å²) in [6.45, 7) is 3.62. The molecule has 6 nitrogen and oxygen atoms in total. The molecule has 1 aliphatic heterocycles. The van der Waals surface area contributed by atoms with Crippen LogP contribution in [0.25, 0.3) is 0 Å². The Morgan fingerprint density at radius 2 is 1.68 bits per heavy atom. The zero-order chi connectivity index (χ0) is 19.9. The molecule has 7 heteroatoms. The molecule has 0 unspecified atom stereocenters. The van der Waals surface area contributed by atoms with Gasteiger partial charge in [0.25, 0.3) is 5.91 Å². The highest BCUT2D eigenvalue weighted by atomic mass is 35.5. The number of halogens is 1. The van der Waals surface area contributed by atoms with E-state index in [4.69, 9.17) is 21.4 Å². The fourth-order valence-electron chi connectivity index (χ4n) is 3.19. The first-order valence-electron chi connectivity index (χ1n) is 9.18. The monoisotopic (exact) mass is 402 g/mol. The van der Waals surface area contributed by atoms with E-state index in [-0.39, 0.29) is 18.9 Å². The van der Waals surface area contributed by atoms with Gasteiger partial charge in [0.15, 0.2) is 6.61 Å². The molecule has 1 aliphatic rings. The zero-order valence-electron chi connectivity index (χ0n) is 15.5. The SMILES string of the molecule is O=C(O)Cc1ccccc1OCC(=O)N1CCN(Cc2ccc(Cl)cc2)CC1. The van der Waals surface area contributed by atoms with E-state index >= 15 is 0 Å². The van der Waals surface area contributed by atoms with Gasteiger partial charge in [0.2, 0.25) is 0 Å². The van der Waals surface area contributed by atoms with Crippen LogP contribution in [0.1, 0.15) is 11.1 Å². The molecule has 0 radical (unpaired) electrons. The Morgan fingerprint density at radius 1 is 1.00 bits per heavy atom. The number of hydrogen-bond acceptors (Lipinski definition) is 4. The maximum absolute atomic E-state index is 12.5. The van der Waals surface area contributed by atoms with Gasteiger partial charge in [-0.25, -0.2) is 0 Å². The molecule has 1 amide bonds. The van der Waals surface area contributed by atoms with Gasteiger partial charge >= 0.3 is 5.97 Å². The molecule has 0 bridgehead atoms. The summed E-state index contributed by atoms with van der Waals surface area (Å²) in [7, 11) is 0. The molecule has 0 aliphatic carbocycles. The summed E-state index contributed by atoms with van der Waals surface area (Å²) in [6.07, 6.45) is -0.131. The minimum absolute atomic E-state index is 0.0868. The quantitative estimate of drug-likeness (QED) is 0.771. The summed E-state index contributed by atoms with van der Waals surface area (Å²) in [5.41, 5.74) is 1.76. The van der Waals surface area contributed by atoms with E-state index < -0.39 is 5.97 Å². The number of carboxylic acids is 1. The van der Waals surface area contributed by atoms with E-state index in [0.29, 0.717) is 24.4 Å². The summed E-state index contributed by atoms with van der Waals surface area (Å²) in [5.74, 6) is -0.574. The Labute approximate surface area is 169 Å². The maximum atomic E-state index is 12.5.